The minimum atomic E-state index is -3.75. The molecule has 2 aliphatic rings. The van der Waals surface area contributed by atoms with Crippen LogP contribution < -0.4 is 4.31 Å². The zero-order valence-electron chi connectivity index (χ0n) is 15.2. The standard InChI is InChI=1S/C19H21ClN2O4S2/c20-16-5-4-6-17(14-16)28(25,26)22-12-9-15-13-18(7-8-19(15)22)27(23,24)21-10-2-1-3-11-21/h4-8,13-14H,1-3,9-12H2. The normalized spacial score (nSPS) is 18.2. The van der Waals surface area contributed by atoms with Gasteiger partial charge in [-0.05, 0) is 61.2 Å². The largest absolute Gasteiger partial charge is 0.266 e. The van der Waals surface area contributed by atoms with E-state index in [2.05, 4.69) is 0 Å². The zero-order chi connectivity index (χ0) is 19.9. The van der Waals surface area contributed by atoms with Gasteiger partial charge in [-0.1, -0.05) is 24.1 Å². The summed E-state index contributed by atoms with van der Waals surface area (Å²) in [6.07, 6.45) is 3.26. The number of hydrogen-bond donors (Lipinski definition) is 0. The van der Waals surface area contributed by atoms with Crippen LogP contribution in [0, 0.1) is 0 Å². The van der Waals surface area contributed by atoms with Gasteiger partial charge in [-0.15, -0.1) is 0 Å². The summed E-state index contributed by atoms with van der Waals surface area (Å²) in [4.78, 5) is 0.355. The second kappa shape index (κ2) is 7.33. The van der Waals surface area contributed by atoms with Crippen LogP contribution in [0.1, 0.15) is 24.8 Å². The third kappa shape index (κ3) is 3.43. The van der Waals surface area contributed by atoms with Gasteiger partial charge in [-0.3, -0.25) is 4.31 Å². The topological polar surface area (TPSA) is 74.8 Å². The molecule has 28 heavy (non-hydrogen) atoms. The van der Waals surface area contributed by atoms with Crippen LogP contribution in [-0.2, 0) is 26.5 Å². The van der Waals surface area contributed by atoms with Gasteiger partial charge in [0.2, 0.25) is 10.0 Å². The molecule has 0 N–H and O–H groups in total. The SMILES string of the molecule is O=S(=O)(c1ccc2c(c1)CCN2S(=O)(=O)c1cccc(Cl)c1)N1CCCCC1. The van der Waals surface area contributed by atoms with Gasteiger partial charge in [0.1, 0.15) is 0 Å². The third-order valence-corrected chi connectivity index (χ3v) is 9.18. The molecule has 0 aliphatic carbocycles. The molecule has 0 aromatic heterocycles. The van der Waals surface area contributed by atoms with Gasteiger partial charge >= 0.3 is 0 Å². The lowest BCUT2D eigenvalue weighted by atomic mass is 10.2. The van der Waals surface area contributed by atoms with Crippen molar-refractivity contribution in [3.8, 4) is 0 Å². The van der Waals surface area contributed by atoms with Crippen LogP contribution in [-0.4, -0.2) is 40.8 Å². The maximum Gasteiger partial charge on any atom is 0.264 e. The molecule has 0 radical (unpaired) electrons. The van der Waals surface area contributed by atoms with Gasteiger partial charge < -0.3 is 0 Å². The number of halogens is 1. The van der Waals surface area contributed by atoms with Gasteiger partial charge in [0, 0.05) is 24.7 Å². The zero-order valence-corrected chi connectivity index (χ0v) is 17.6. The van der Waals surface area contributed by atoms with E-state index in [1.165, 1.54) is 26.8 Å². The van der Waals surface area contributed by atoms with Gasteiger partial charge in [-0.2, -0.15) is 4.31 Å². The van der Waals surface area contributed by atoms with Crippen LogP contribution in [0.5, 0.6) is 0 Å². The molecule has 2 aromatic rings. The van der Waals surface area contributed by atoms with E-state index in [0.717, 1.165) is 24.8 Å². The van der Waals surface area contributed by atoms with Crippen LogP contribution in [0.25, 0.3) is 0 Å². The number of piperidine rings is 1. The Balaban J connectivity index is 1.67. The first-order valence-corrected chi connectivity index (χ1v) is 12.5. The molecule has 0 spiro atoms. The van der Waals surface area contributed by atoms with Crippen LogP contribution in [0.2, 0.25) is 5.02 Å². The highest BCUT2D eigenvalue weighted by atomic mass is 35.5. The van der Waals surface area contributed by atoms with E-state index < -0.39 is 20.0 Å². The lowest BCUT2D eigenvalue weighted by Crippen LogP contribution is -2.35. The number of anilines is 1. The molecule has 6 nitrogen and oxygen atoms in total. The van der Waals surface area contributed by atoms with Crippen molar-refractivity contribution >= 4 is 37.3 Å². The fourth-order valence-corrected chi connectivity index (χ4v) is 7.14. The van der Waals surface area contributed by atoms with Crippen molar-refractivity contribution < 1.29 is 16.8 Å². The number of hydrogen-bond acceptors (Lipinski definition) is 4. The molecule has 0 bridgehead atoms. The molecule has 4 rings (SSSR count). The van der Waals surface area contributed by atoms with Crippen molar-refractivity contribution in [3.63, 3.8) is 0 Å². The van der Waals surface area contributed by atoms with Gasteiger partial charge in [0.15, 0.2) is 0 Å². The van der Waals surface area contributed by atoms with Crippen molar-refractivity contribution in [3.05, 3.63) is 53.1 Å². The minimum absolute atomic E-state index is 0.123. The Kier molecular flexibility index (Phi) is 5.16. The fraction of sp³-hybridized carbons (Fsp3) is 0.368. The van der Waals surface area contributed by atoms with Crippen LogP contribution in [0.3, 0.4) is 0 Å². The summed E-state index contributed by atoms with van der Waals surface area (Å²) in [6.45, 7) is 1.35. The Hall–Kier alpha value is -1.61. The monoisotopic (exact) mass is 440 g/mol. The van der Waals surface area contributed by atoms with Gasteiger partial charge in [0.25, 0.3) is 10.0 Å². The smallest absolute Gasteiger partial charge is 0.264 e. The van der Waals surface area contributed by atoms with Gasteiger partial charge in [-0.25, -0.2) is 16.8 Å². The highest BCUT2D eigenvalue weighted by Gasteiger charge is 2.33. The van der Waals surface area contributed by atoms with E-state index in [1.807, 2.05) is 0 Å². The summed E-state index contributed by atoms with van der Waals surface area (Å²) in [5, 5.41) is 0.350. The summed E-state index contributed by atoms with van der Waals surface area (Å²) >= 11 is 5.95. The Morgan fingerprint density at radius 1 is 0.786 bits per heavy atom. The molecule has 1 fully saturated rings. The van der Waals surface area contributed by atoms with Crippen LogP contribution >= 0.6 is 11.6 Å². The first-order chi connectivity index (χ1) is 13.3. The highest BCUT2D eigenvalue weighted by molar-refractivity contribution is 7.92. The Morgan fingerprint density at radius 3 is 2.21 bits per heavy atom. The quantitative estimate of drug-likeness (QED) is 0.731. The molecule has 1 saturated heterocycles. The lowest BCUT2D eigenvalue weighted by Gasteiger charge is -2.26. The van der Waals surface area contributed by atoms with Crippen molar-refractivity contribution in [2.45, 2.75) is 35.5 Å². The lowest BCUT2D eigenvalue weighted by molar-refractivity contribution is 0.346. The van der Waals surface area contributed by atoms with Crippen LogP contribution in [0.4, 0.5) is 5.69 Å². The van der Waals surface area contributed by atoms with Crippen molar-refractivity contribution in [1.29, 1.82) is 0 Å². The number of sulfonamides is 2. The molecule has 0 unspecified atom stereocenters. The summed E-state index contributed by atoms with van der Waals surface area (Å²) in [5.41, 5.74) is 1.25. The van der Waals surface area contributed by atoms with Crippen molar-refractivity contribution in [2.75, 3.05) is 23.9 Å². The number of rotatable bonds is 4. The minimum Gasteiger partial charge on any atom is -0.266 e. The van der Waals surface area contributed by atoms with E-state index in [-0.39, 0.29) is 16.3 Å². The van der Waals surface area contributed by atoms with E-state index in [1.54, 1.807) is 24.3 Å². The first kappa shape index (κ1) is 19.7. The molecular formula is C19H21ClN2O4S2. The molecular weight excluding hydrogens is 420 g/mol. The fourth-order valence-electron chi connectivity index (χ4n) is 3.77. The van der Waals surface area contributed by atoms with Crippen molar-refractivity contribution in [1.82, 2.24) is 4.31 Å². The van der Waals surface area contributed by atoms with Gasteiger partial charge in [0.05, 0.1) is 15.5 Å². The molecule has 0 atom stereocenters. The molecule has 2 heterocycles. The summed E-state index contributed by atoms with van der Waals surface area (Å²) in [6, 6.07) is 10.9. The molecule has 9 heteroatoms. The molecule has 0 saturated carbocycles. The number of fused-ring (bicyclic) bond motifs is 1. The van der Waals surface area contributed by atoms with E-state index >= 15 is 0 Å². The molecule has 2 aliphatic heterocycles. The average molecular weight is 441 g/mol. The summed E-state index contributed by atoms with van der Waals surface area (Å²) in [5.74, 6) is 0. The van der Waals surface area contributed by atoms with Crippen LogP contribution in [0.15, 0.2) is 52.3 Å². The maximum atomic E-state index is 13.0. The molecule has 150 valence electrons. The van der Waals surface area contributed by atoms with E-state index in [9.17, 15) is 16.8 Å². The van der Waals surface area contributed by atoms with E-state index in [0.29, 0.717) is 30.2 Å². The number of nitrogens with zero attached hydrogens (tertiary/aromatic N) is 2. The van der Waals surface area contributed by atoms with E-state index in [4.69, 9.17) is 11.6 Å². The predicted octanol–water partition coefficient (Wildman–Crippen LogP) is 3.27. The summed E-state index contributed by atoms with van der Waals surface area (Å²) in [7, 11) is -7.30. The second-order valence-electron chi connectivity index (χ2n) is 7.04. The maximum absolute atomic E-state index is 13.0. The third-order valence-electron chi connectivity index (χ3n) is 5.24. The Labute approximate surface area is 170 Å². The highest BCUT2D eigenvalue weighted by Crippen LogP contribution is 2.35. The summed E-state index contributed by atoms with van der Waals surface area (Å²) < 4.78 is 54.7. The first-order valence-electron chi connectivity index (χ1n) is 9.21. The van der Waals surface area contributed by atoms with Crippen molar-refractivity contribution in [2.24, 2.45) is 0 Å². The molecule has 2 aromatic carbocycles. The second-order valence-corrected chi connectivity index (χ2v) is 11.3. The Bertz CT molecular complexity index is 1110. The Morgan fingerprint density at radius 2 is 1.50 bits per heavy atom. The number of benzene rings is 2. The predicted molar refractivity (Wildman–Crippen MR) is 109 cm³/mol. The molecule has 0 amide bonds. The average Bonchev–Trinajstić information content (AvgIpc) is 3.13.